The van der Waals surface area contributed by atoms with Gasteiger partial charge in [-0.15, -0.1) is 11.8 Å². The number of nitrogens with zero attached hydrogens (tertiary/aromatic N) is 1. The van der Waals surface area contributed by atoms with E-state index in [0.29, 0.717) is 6.61 Å². The van der Waals surface area contributed by atoms with E-state index in [2.05, 4.69) is 36.1 Å². The summed E-state index contributed by atoms with van der Waals surface area (Å²) in [6.07, 6.45) is 1.88. The number of rotatable bonds is 6. The molecule has 3 nitrogen and oxygen atoms in total. The molecule has 4 heteroatoms. The van der Waals surface area contributed by atoms with Crippen molar-refractivity contribution in [3.8, 4) is 0 Å². The zero-order valence-corrected chi connectivity index (χ0v) is 13.8. The standard InChI is InChI=1S/C17H25NO2S/c1-3-20-17(19)15-8-10-18(11-9-15)12-13-21-16-6-4-14(2)5-7-16/h4-7,15H,3,8-13H2,1-2H3. The van der Waals surface area contributed by atoms with E-state index < -0.39 is 0 Å². The van der Waals surface area contributed by atoms with Crippen LogP contribution < -0.4 is 0 Å². The van der Waals surface area contributed by atoms with Crippen LogP contribution in [0.5, 0.6) is 0 Å². The molecule has 2 rings (SSSR count). The second-order valence-corrected chi connectivity index (χ2v) is 6.70. The summed E-state index contributed by atoms with van der Waals surface area (Å²) in [6.45, 7) is 7.59. The summed E-state index contributed by atoms with van der Waals surface area (Å²) in [6, 6.07) is 8.69. The zero-order valence-electron chi connectivity index (χ0n) is 13.0. The van der Waals surface area contributed by atoms with Gasteiger partial charge in [-0.25, -0.2) is 0 Å². The molecule has 1 aliphatic heterocycles. The fourth-order valence-corrected chi connectivity index (χ4v) is 3.49. The van der Waals surface area contributed by atoms with E-state index in [-0.39, 0.29) is 11.9 Å². The first kappa shape index (κ1) is 16.4. The Morgan fingerprint density at radius 2 is 1.95 bits per heavy atom. The van der Waals surface area contributed by atoms with Crippen LogP contribution in [0.4, 0.5) is 0 Å². The van der Waals surface area contributed by atoms with Gasteiger partial charge in [0.25, 0.3) is 0 Å². The lowest BCUT2D eigenvalue weighted by molar-refractivity contribution is -0.149. The van der Waals surface area contributed by atoms with Gasteiger partial charge in [0, 0.05) is 17.2 Å². The quantitative estimate of drug-likeness (QED) is 0.595. The summed E-state index contributed by atoms with van der Waals surface area (Å²) in [4.78, 5) is 15.5. The second-order valence-electron chi connectivity index (χ2n) is 5.53. The molecule has 1 saturated heterocycles. The summed E-state index contributed by atoms with van der Waals surface area (Å²) in [5.74, 6) is 1.21. The second kappa shape index (κ2) is 8.44. The van der Waals surface area contributed by atoms with Crippen LogP contribution in [0.2, 0.25) is 0 Å². The lowest BCUT2D eigenvalue weighted by Gasteiger charge is -2.30. The highest BCUT2D eigenvalue weighted by atomic mass is 32.2. The first-order valence-electron chi connectivity index (χ1n) is 7.77. The summed E-state index contributed by atoms with van der Waals surface area (Å²) in [5.41, 5.74) is 1.31. The van der Waals surface area contributed by atoms with Crippen molar-refractivity contribution in [2.45, 2.75) is 31.6 Å². The van der Waals surface area contributed by atoms with E-state index in [4.69, 9.17) is 4.74 Å². The smallest absolute Gasteiger partial charge is 0.309 e. The molecular weight excluding hydrogens is 282 g/mol. The van der Waals surface area contributed by atoms with Gasteiger partial charge in [0.2, 0.25) is 0 Å². The van der Waals surface area contributed by atoms with Gasteiger partial charge in [-0.2, -0.15) is 0 Å². The number of carbonyl (C=O) groups excluding carboxylic acids is 1. The molecule has 1 aliphatic rings. The van der Waals surface area contributed by atoms with E-state index in [1.807, 2.05) is 18.7 Å². The number of thioether (sulfide) groups is 1. The van der Waals surface area contributed by atoms with Gasteiger partial charge in [-0.05, 0) is 51.9 Å². The Kier molecular flexibility index (Phi) is 6.58. The van der Waals surface area contributed by atoms with Crippen molar-refractivity contribution in [3.63, 3.8) is 0 Å². The Balaban J connectivity index is 1.65. The van der Waals surface area contributed by atoms with Crippen molar-refractivity contribution in [1.29, 1.82) is 0 Å². The summed E-state index contributed by atoms with van der Waals surface area (Å²) in [7, 11) is 0. The van der Waals surface area contributed by atoms with Gasteiger partial charge in [-0.1, -0.05) is 17.7 Å². The molecule has 0 aliphatic carbocycles. The minimum absolute atomic E-state index is 0.00817. The fraction of sp³-hybridized carbons (Fsp3) is 0.588. The number of esters is 1. The van der Waals surface area contributed by atoms with Crippen molar-refractivity contribution in [2.75, 3.05) is 32.0 Å². The van der Waals surface area contributed by atoms with Gasteiger partial charge < -0.3 is 9.64 Å². The van der Waals surface area contributed by atoms with Gasteiger partial charge in [0.15, 0.2) is 0 Å². The highest BCUT2D eigenvalue weighted by Crippen LogP contribution is 2.21. The molecule has 1 heterocycles. The van der Waals surface area contributed by atoms with Crippen LogP contribution in [-0.2, 0) is 9.53 Å². The third kappa shape index (κ3) is 5.36. The molecule has 21 heavy (non-hydrogen) atoms. The highest BCUT2D eigenvalue weighted by Gasteiger charge is 2.25. The predicted molar refractivity (Wildman–Crippen MR) is 87.7 cm³/mol. The number of likely N-dealkylation sites (tertiary alicyclic amines) is 1. The Labute approximate surface area is 132 Å². The number of benzene rings is 1. The third-order valence-corrected chi connectivity index (χ3v) is 4.90. The van der Waals surface area contributed by atoms with Crippen molar-refractivity contribution < 1.29 is 9.53 Å². The largest absolute Gasteiger partial charge is 0.466 e. The van der Waals surface area contributed by atoms with Crippen molar-refractivity contribution in [2.24, 2.45) is 5.92 Å². The van der Waals surface area contributed by atoms with Crippen LogP contribution in [-0.4, -0.2) is 42.9 Å². The van der Waals surface area contributed by atoms with Crippen LogP contribution in [0.15, 0.2) is 29.2 Å². The molecular formula is C17H25NO2S. The van der Waals surface area contributed by atoms with E-state index in [0.717, 1.165) is 38.2 Å². The van der Waals surface area contributed by atoms with Crippen molar-refractivity contribution in [1.82, 2.24) is 4.90 Å². The fourth-order valence-electron chi connectivity index (χ4n) is 2.58. The summed E-state index contributed by atoms with van der Waals surface area (Å²) < 4.78 is 5.10. The summed E-state index contributed by atoms with van der Waals surface area (Å²) >= 11 is 1.90. The Morgan fingerprint density at radius 3 is 2.57 bits per heavy atom. The lowest BCUT2D eigenvalue weighted by atomic mass is 9.97. The van der Waals surface area contributed by atoms with Crippen LogP contribution in [0.3, 0.4) is 0 Å². The Morgan fingerprint density at radius 1 is 1.29 bits per heavy atom. The van der Waals surface area contributed by atoms with Gasteiger partial charge in [-0.3, -0.25) is 4.79 Å². The van der Waals surface area contributed by atoms with Gasteiger partial charge in [0.05, 0.1) is 12.5 Å². The molecule has 0 unspecified atom stereocenters. The molecule has 1 aromatic rings. The van der Waals surface area contributed by atoms with Crippen molar-refractivity contribution in [3.05, 3.63) is 29.8 Å². The highest BCUT2D eigenvalue weighted by molar-refractivity contribution is 7.99. The van der Waals surface area contributed by atoms with Crippen LogP contribution in [0.25, 0.3) is 0 Å². The first-order chi connectivity index (χ1) is 10.2. The number of hydrogen-bond acceptors (Lipinski definition) is 4. The van der Waals surface area contributed by atoms with Crippen LogP contribution >= 0.6 is 11.8 Å². The minimum atomic E-state index is -0.00817. The number of hydrogen-bond donors (Lipinski definition) is 0. The number of aryl methyl sites for hydroxylation is 1. The molecule has 0 amide bonds. The molecule has 1 aromatic carbocycles. The van der Waals surface area contributed by atoms with Gasteiger partial charge >= 0.3 is 5.97 Å². The van der Waals surface area contributed by atoms with Crippen LogP contribution in [0, 0.1) is 12.8 Å². The predicted octanol–water partition coefficient (Wildman–Crippen LogP) is 3.36. The lowest BCUT2D eigenvalue weighted by Crippen LogP contribution is -2.38. The number of piperidine rings is 1. The van der Waals surface area contributed by atoms with E-state index in [1.54, 1.807) is 0 Å². The summed E-state index contributed by atoms with van der Waals surface area (Å²) in [5, 5.41) is 0. The van der Waals surface area contributed by atoms with E-state index in [9.17, 15) is 4.79 Å². The first-order valence-corrected chi connectivity index (χ1v) is 8.76. The number of carbonyl (C=O) groups is 1. The third-order valence-electron chi connectivity index (χ3n) is 3.90. The minimum Gasteiger partial charge on any atom is -0.466 e. The van der Waals surface area contributed by atoms with E-state index >= 15 is 0 Å². The Hall–Kier alpha value is -1.00. The molecule has 0 radical (unpaired) electrons. The topological polar surface area (TPSA) is 29.5 Å². The molecule has 1 fully saturated rings. The van der Waals surface area contributed by atoms with Gasteiger partial charge in [0.1, 0.15) is 0 Å². The number of ether oxygens (including phenoxy) is 1. The Bertz CT molecular complexity index is 439. The molecule has 116 valence electrons. The van der Waals surface area contributed by atoms with Crippen molar-refractivity contribution >= 4 is 17.7 Å². The molecule has 0 aromatic heterocycles. The zero-order chi connectivity index (χ0) is 15.1. The molecule has 0 bridgehead atoms. The maximum Gasteiger partial charge on any atom is 0.309 e. The molecule has 0 atom stereocenters. The van der Waals surface area contributed by atoms with E-state index in [1.165, 1.54) is 10.5 Å². The SMILES string of the molecule is CCOC(=O)C1CCN(CCSc2ccc(C)cc2)CC1. The molecule has 0 spiro atoms. The average molecular weight is 307 g/mol. The maximum absolute atomic E-state index is 11.7. The monoisotopic (exact) mass is 307 g/mol. The van der Waals surface area contributed by atoms with Crippen LogP contribution in [0.1, 0.15) is 25.3 Å². The normalized spacial score (nSPS) is 16.9. The molecule has 0 N–H and O–H groups in total. The maximum atomic E-state index is 11.7. The average Bonchev–Trinajstić information content (AvgIpc) is 2.50. The molecule has 0 saturated carbocycles.